The highest BCUT2D eigenvalue weighted by Crippen LogP contribution is 2.65. The van der Waals surface area contributed by atoms with Gasteiger partial charge in [0.2, 0.25) is 0 Å². The number of hydrogen-bond acceptors (Lipinski definition) is 3. The Kier molecular flexibility index (Phi) is 4.41. The molecule has 0 aliphatic carbocycles. The zero-order chi connectivity index (χ0) is 15.7. The molecule has 0 saturated carbocycles. The Hall–Kier alpha value is -0.990. The van der Waals surface area contributed by atoms with Crippen molar-refractivity contribution in [1.82, 2.24) is 0 Å². The molecule has 0 atom stereocenters. The zero-order valence-electron chi connectivity index (χ0n) is 11.1. The van der Waals surface area contributed by atoms with Gasteiger partial charge in [-0.2, -0.15) is 21.6 Å². The topological polar surface area (TPSA) is 43.4 Å². The Labute approximate surface area is 123 Å². The second-order valence-electron chi connectivity index (χ2n) is 4.68. The van der Waals surface area contributed by atoms with Crippen molar-refractivity contribution < 1.29 is 25.2 Å². The molecule has 1 fully saturated rings. The van der Waals surface area contributed by atoms with Gasteiger partial charge in [-0.3, -0.25) is 0 Å². The fourth-order valence-corrected chi connectivity index (χ4v) is 7.33. The van der Waals surface area contributed by atoms with Gasteiger partial charge in [-0.05, 0) is 18.4 Å². The third-order valence-corrected chi connectivity index (χ3v) is 8.60. The average Bonchev–Trinajstić information content (AvgIpc) is 2.86. The zero-order valence-corrected chi connectivity index (χ0v) is 12.7. The van der Waals surface area contributed by atoms with Gasteiger partial charge in [0, 0.05) is 16.4 Å². The maximum atomic E-state index is 12.6. The lowest BCUT2D eigenvalue weighted by Gasteiger charge is -2.36. The molecule has 1 aromatic carbocycles. The van der Waals surface area contributed by atoms with Crippen molar-refractivity contribution in [3.05, 3.63) is 42.5 Å². The summed E-state index contributed by atoms with van der Waals surface area (Å²) in [6.45, 7) is 3.83. The van der Waals surface area contributed by atoms with Crippen LogP contribution in [0.25, 0.3) is 4.91 Å². The lowest BCUT2D eigenvalue weighted by atomic mass is 10.2. The minimum Gasteiger partial charge on any atom is -0.209 e. The van der Waals surface area contributed by atoms with Gasteiger partial charge in [-0.1, -0.05) is 47.2 Å². The smallest absolute Gasteiger partial charge is 0.209 e. The van der Waals surface area contributed by atoms with Crippen LogP contribution < -0.4 is 0 Å². The Balaban J connectivity index is 2.37. The van der Waals surface area contributed by atoms with E-state index >= 15 is 0 Å². The lowest BCUT2D eigenvalue weighted by Crippen LogP contribution is -2.27. The van der Waals surface area contributed by atoms with E-state index in [1.165, 1.54) is 0 Å². The summed E-state index contributed by atoms with van der Waals surface area (Å²) in [4.78, 5) is 0.355. The van der Waals surface area contributed by atoms with Gasteiger partial charge < -0.3 is 0 Å². The molecule has 0 bridgehead atoms. The number of rotatable bonds is 4. The molecule has 0 N–H and O–H groups in total. The van der Waals surface area contributed by atoms with Crippen LogP contribution in [-0.4, -0.2) is 25.4 Å². The standard InChI is InChI=1S/C13H15F3O3S2/c1-11(12-7-3-2-4-8-12)20(9-5-6-10-20)19-21(17,18)13(14,15)16/h2-4,7-8H,1,5-6,9-10H2. The van der Waals surface area contributed by atoms with Gasteiger partial charge in [0.1, 0.15) is 0 Å². The molecule has 1 aliphatic rings. The maximum absolute atomic E-state index is 12.6. The van der Waals surface area contributed by atoms with Crippen LogP contribution in [0.1, 0.15) is 18.4 Å². The molecule has 118 valence electrons. The molecule has 8 heteroatoms. The first-order valence-corrected chi connectivity index (χ1v) is 9.54. The van der Waals surface area contributed by atoms with Crippen LogP contribution in [0, 0.1) is 0 Å². The summed E-state index contributed by atoms with van der Waals surface area (Å²) < 4.78 is 65.2. The van der Waals surface area contributed by atoms with Crippen molar-refractivity contribution in [3.8, 4) is 0 Å². The number of halogens is 3. The van der Waals surface area contributed by atoms with Crippen molar-refractivity contribution in [2.45, 2.75) is 18.3 Å². The predicted octanol–water partition coefficient (Wildman–Crippen LogP) is 4.04. The molecule has 0 radical (unpaired) electrons. The van der Waals surface area contributed by atoms with E-state index in [0.29, 0.717) is 23.3 Å². The Bertz CT molecular complexity index is 618. The van der Waals surface area contributed by atoms with Crippen LogP contribution in [0.2, 0.25) is 0 Å². The van der Waals surface area contributed by atoms with Gasteiger partial charge in [-0.25, -0.2) is 3.63 Å². The summed E-state index contributed by atoms with van der Waals surface area (Å²) in [6, 6.07) is 8.60. The van der Waals surface area contributed by atoms with Crippen LogP contribution in [0.4, 0.5) is 13.2 Å². The fourth-order valence-electron chi connectivity index (χ4n) is 2.18. The minimum atomic E-state index is -5.62. The summed E-state index contributed by atoms with van der Waals surface area (Å²) in [5.74, 6) is 0.575. The highest BCUT2D eigenvalue weighted by atomic mass is 32.3. The van der Waals surface area contributed by atoms with Crippen LogP contribution >= 0.6 is 10.3 Å². The molecule has 1 saturated heterocycles. The Morgan fingerprint density at radius 1 is 1.14 bits per heavy atom. The van der Waals surface area contributed by atoms with Gasteiger partial charge >= 0.3 is 15.6 Å². The molecule has 1 aliphatic heterocycles. The van der Waals surface area contributed by atoms with E-state index in [9.17, 15) is 21.6 Å². The normalized spacial score (nSPS) is 20.1. The quantitative estimate of drug-likeness (QED) is 0.777. The molecular weight excluding hydrogens is 325 g/mol. The SMILES string of the molecule is C=C(c1ccccc1)S1(OS(=O)(=O)C(F)(F)F)CCCC1. The van der Waals surface area contributed by atoms with E-state index in [2.05, 4.69) is 6.58 Å². The van der Waals surface area contributed by atoms with Crippen LogP contribution in [0.15, 0.2) is 36.9 Å². The van der Waals surface area contributed by atoms with Crippen molar-refractivity contribution in [2.24, 2.45) is 0 Å². The predicted molar refractivity (Wildman–Crippen MR) is 78.1 cm³/mol. The molecule has 1 heterocycles. The molecule has 0 amide bonds. The summed E-state index contributed by atoms with van der Waals surface area (Å²) in [6.07, 6.45) is 1.27. The van der Waals surface area contributed by atoms with E-state index in [1.54, 1.807) is 30.3 Å². The van der Waals surface area contributed by atoms with Crippen LogP contribution in [0.5, 0.6) is 0 Å². The maximum Gasteiger partial charge on any atom is 0.523 e. The van der Waals surface area contributed by atoms with Gasteiger partial charge in [-0.15, -0.1) is 0 Å². The first-order chi connectivity index (χ1) is 9.68. The summed E-state index contributed by atoms with van der Waals surface area (Å²) in [5, 5.41) is 0. The van der Waals surface area contributed by atoms with Crippen molar-refractivity contribution in [2.75, 3.05) is 11.5 Å². The summed E-state index contributed by atoms with van der Waals surface area (Å²) in [5.41, 5.74) is -4.79. The third-order valence-electron chi connectivity index (χ3n) is 3.25. The Morgan fingerprint density at radius 2 is 1.67 bits per heavy atom. The van der Waals surface area contributed by atoms with E-state index in [1.807, 2.05) is 0 Å². The second kappa shape index (κ2) is 5.66. The highest BCUT2D eigenvalue weighted by molar-refractivity contribution is 8.40. The molecule has 1 aromatic rings. The van der Waals surface area contributed by atoms with Gasteiger partial charge in [0.05, 0.1) is 0 Å². The first kappa shape index (κ1) is 16.4. The van der Waals surface area contributed by atoms with E-state index < -0.39 is 25.9 Å². The molecule has 0 spiro atoms. The third kappa shape index (κ3) is 3.27. The van der Waals surface area contributed by atoms with Gasteiger partial charge in [0.15, 0.2) is 0 Å². The summed E-state index contributed by atoms with van der Waals surface area (Å²) >= 11 is 0. The van der Waals surface area contributed by atoms with Crippen LogP contribution in [0.3, 0.4) is 0 Å². The van der Waals surface area contributed by atoms with E-state index in [0.717, 1.165) is 0 Å². The average molecular weight is 340 g/mol. The second-order valence-corrected chi connectivity index (χ2v) is 9.53. The van der Waals surface area contributed by atoms with Crippen molar-refractivity contribution in [1.29, 1.82) is 0 Å². The number of hydrogen-bond donors (Lipinski definition) is 0. The van der Waals surface area contributed by atoms with Crippen molar-refractivity contribution in [3.63, 3.8) is 0 Å². The largest absolute Gasteiger partial charge is 0.523 e. The highest BCUT2D eigenvalue weighted by Gasteiger charge is 2.52. The van der Waals surface area contributed by atoms with Crippen LogP contribution in [-0.2, 0) is 13.7 Å². The monoisotopic (exact) mass is 340 g/mol. The molecule has 3 nitrogen and oxygen atoms in total. The molecule has 21 heavy (non-hydrogen) atoms. The number of benzene rings is 1. The Morgan fingerprint density at radius 3 is 2.14 bits per heavy atom. The molecule has 0 aromatic heterocycles. The summed E-state index contributed by atoms with van der Waals surface area (Å²) in [7, 11) is -8.15. The molecular formula is C13H15F3O3S2. The van der Waals surface area contributed by atoms with Gasteiger partial charge in [0.25, 0.3) is 0 Å². The van der Waals surface area contributed by atoms with E-state index in [4.69, 9.17) is 3.63 Å². The minimum absolute atomic E-state index is 0.288. The molecule has 2 rings (SSSR count). The lowest BCUT2D eigenvalue weighted by molar-refractivity contribution is -0.0495. The first-order valence-electron chi connectivity index (χ1n) is 6.23. The fraction of sp³-hybridized carbons (Fsp3) is 0.385. The van der Waals surface area contributed by atoms with E-state index in [-0.39, 0.29) is 11.5 Å². The molecule has 0 unspecified atom stereocenters. The van der Waals surface area contributed by atoms with Crippen molar-refractivity contribution >= 4 is 25.3 Å². The number of alkyl halides is 3.